The summed E-state index contributed by atoms with van der Waals surface area (Å²) in [6.07, 6.45) is 2.32. The largest absolute Gasteiger partial charge is 0.397 e. The number of nitrogens with one attached hydrogen (secondary N) is 1. The van der Waals surface area contributed by atoms with Gasteiger partial charge in [0.15, 0.2) is 5.82 Å². The second kappa shape index (κ2) is 5.19. The highest BCUT2D eigenvalue weighted by Crippen LogP contribution is 2.45. The van der Waals surface area contributed by atoms with Gasteiger partial charge in [-0.15, -0.1) is 11.3 Å². The molecule has 1 saturated heterocycles. The Kier molecular flexibility index (Phi) is 3.05. The molecule has 0 radical (unpaired) electrons. The summed E-state index contributed by atoms with van der Waals surface area (Å²) in [5.41, 5.74) is 9.10. The highest BCUT2D eigenvalue weighted by molar-refractivity contribution is 7.21. The van der Waals surface area contributed by atoms with Gasteiger partial charge in [-0.05, 0) is 25.8 Å². The fourth-order valence-electron chi connectivity index (χ4n) is 3.76. The second-order valence-electron chi connectivity index (χ2n) is 6.63. The van der Waals surface area contributed by atoms with Gasteiger partial charge >= 0.3 is 0 Å². The van der Waals surface area contributed by atoms with Crippen molar-refractivity contribution >= 4 is 44.7 Å². The topological polar surface area (TPSA) is 97.3 Å². The van der Waals surface area contributed by atoms with Crippen LogP contribution in [0, 0.1) is 6.92 Å². The third-order valence-corrected chi connectivity index (χ3v) is 6.14. The van der Waals surface area contributed by atoms with Crippen molar-refractivity contribution in [3.8, 4) is 0 Å². The highest BCUT2D eigenvalue weighted by atomic mass is 32.1. The summed E-state index contributed by atoms with van der Waals surface area (Å²) in [5, 5.41) is 7.38. The van der Waals surface area contributed by atoms with Crippen LogP contribution in [0.5, 0.6) is 0 Å². The normalized spacial score (nSPS) is 16.4. The molecule has 2 bridgehead atoms. The Morgan fingerprint density at radius 1 is 1.40 bits per heavy atom. The number of fused-ring (bicyclic) bond motifs is 3. The zero-order valence-corrected chi connectivity index (χ0v) is 14.5. The number of hydrogen-bond donors (Lipinski definition) is 2. The number of nitrogens with two attached hydrogens (primary N) is 1. The van der Waals surface area contributed by atoms with Crippen LogP contribution in [-0.2, 0) is 0 Å². The average Bonchev–Trinajstić information content (AvgIpc) is 3.18. The first-order valence-electron chi connectivity index (χ1n) is 8.32. The van der Waals surface area contributed by atoms with E-state index >= 15 is 0 Å². The Morgan fingerprint density at radius 3 is 2.92 bits per heavy atom. The van der Waals surface area contributed by atoms with Gasteiger partial charge in [0.05, 0.1) is 17.1 Å². The van der Waals surface area contributed by atoms with Gasteiger partial charge in [-0.3, -0.25) is 4.79 Å². The number of aryl methyl sites for hydroxylation is 1. The first-order valence-corrected chi connectivity index (χ1v) is 9.14. The monoisotopic (exact) mass is 355 g/mol. The van der Waals surface area contributed by atoms with Gasteiger partial charge < -0.3 is 20.5 Å². The number of aromatic nitrogens is 2. The molecule has 6 rings (SSSR count). The summed E-state index contributed by atoms with van der Waals surface area (Å²) in [4.78, 5) is 21.1. The lowest BCUT2D eigenvalue weighted by molar-refractivity contribution is 0.103. The molecule has 3 aliphatic heterocycles. The zero-order valence-electron chi connectivity index (χ0n) is 13.7. The minimum atomic E-state index is -0.282. The maximum atomic E-state index is 12.6. The van der Waals surface area contributed by atoms with Crippen LogP contribution in [0.3, 0.4) is 0 Å². The van der Waals surface area contributed by atoms with E-state index in [1.54, 1.807) is 13.0 Å². The fraction of sp³-hybridized carbons (Fsp3) is 0.353. The number of carbonyl (C=O) groups excluding carboxylic acids is 1. The quantitative estimate of drug-likeness (QED) is 0.733. The van der Waals surface area contributed by atoms with Gasteiger partial charge in [0.1, 0.15) is 15.5 Å². The third kappa shape index (κ3) is 2.21. The number of carbonyl (C=O) groups is 1. The van der Waals surface area contributed by atoms with E-state index in [-0.39, 0.29) is 5.91 Å². The Morgan fingerprint density at radius 2 is 2.20 bits per heavy atom. The van der Waals surface area contributed by atoms with Crippen molar-refractivity contribution in [1.82, 2.24) is 10.1 Å². The lowest BCUT2D eigenvalue weighted by atomic mass is 9.86. The molecule has 7 nitrogen and oxygen atoms in total. The summed E-state index contributed by atoms with van der Waals surface area (Å²) in [6, 6.07) is 3.77. The molecule has 0 unspecified atom stereocenters. The van der Waals surface area contributed by atoms with Gasteiger partial charge in [0.25, 0.3) is 5.91 Å². The first kappa shape index (κ1) is 14.7. The molecule has 1 fully saturated rings. The summed E-state index contributed by atoms with van der Waals surface area (Å²) in [6.45, 7) is 3.93. The minimum Gasteiger partial charge on any atom is -0.397 e. The fourth-order valence-corrected chi connectivity index (χ4v) is 4.74. The van der Waals surface area contributed by atoms with Crippen molar-refractivity contribution in [2.45, 2.75) is 25.7 Å². The van der Waals surface area contributed by atoms with Crippen LogP contribution >= 0.6 is 11.3 Å². The standard InChI is InChI=1S/C17H17N5O2S/c1-8-6-12(21-24-8)19-16(23)15-13(18)10-7-11-14(20-17(10)25-15)9-2-4-22(11)5-3-9/h6-7,9H,2-5,18H2,1H3,(H,19,21,23). The molecular weight excluding hydrogens is 338 g/mol. The van der Waals surface area contributed by atoms with Gasteiger partial charge in [0, 0.05) is 30.5 Å². The Balaban J connectivity index is 1.56. The van der Waals surface area contributed by atoms with E-state index in [1.165, 1.54) is 17.0 Å². The molecule has 25 heavy (non-hydrogen) atoms. The first-order chi connectivity index (χ1) is 12.1. The molecule has 128 valence electrons. The maximum absolute atomic E-state index is 12.6. The van der Waals surface area contributed by atoms with Gasteiger partial charge in [-0.25, -0.2) is 4.98 Å². The SMILES string of the molecule is Cc1cc(NC(=O)c2sc3nc4c(cc3c2N)N2CCC4CC2)no1. The van der Waals surface area contributed by atoms with E-state index in [0.29, 0.717) is 28.1 Å². The van der Waals surface area contributed by atoms with E-state index in [9.17, 15) is 4.79 Å². The average molecular weight is 355 g/mol. The van der Waals surface area contributed by atoms with E-state index in [2.05, 4.69) is 21.4 Å². The van der Waals surface area contributed by atoms with E-state index in [1.807, 2.05) is 0 Å². The number of nitrogens with zero attached hydrogens (tertiary/aromatic N) is 3. The van der Waals surface area contributed by atoms with Crippen molar-refractivity contribution in [1.29, 1.82) is 0 Å². The second-order valence-corrected chi connectivity index (χ2v) is 7.63. The zero-order chi connectivity index (χ0) is 17.1. The molecule has 3 N–H and O–H groups in total. The number of hydrogen-bond acceptors (Lipinski definition) is 7. The lowest BCUT2D eigenvalue weighted by Gasteiger charge is -2.41. The molecular formula is C17H17N5O2S. The van der Waals surface area contributed by atoms with Crippen LogP contribution in [0.2, 0.25) is 0 Å². The van der Waals surface area contributed by atoms with Gasteiger partial charge in [-0.2, -0.15) is 0 Å². The molecule has 0 atom stereocenters. The molecule has 0 aromatic carbocycles. The van der Waals surface area contributed by atoms with Crippen molar-refractivity contribution < 1.29 is 9.32 Å². The summed E-state index contributed by atoms with van der Waals surface area (Å²) in [7, 11) is 0. The van der Waals surface area contributed by atoms with Crippen molar-refractivity contribution in [3.63, 3.8) is 0 Å². The molecule has 0 saturated carbocycles. The maximum Gasteiger partial charge on any atom is 0.269 e. The number of piperidine rings is 1. The predicted molar refractivity (Wildman–Crippen MR) is 97.4 cm³/mol. The molecule has 3 aromatic heterocycles. The van der Waals surface area contributed by atoms with Crippen molar-refractivity contribution in [2.75, 3.05) is 29.0 Å². The van der Waals surface area contributed by atoms with E-state index < -0.39 is 0 Å². The van der Waals surface area contributed by atoms with Crippen molar-refractivity contribution in [3.05, 3.63) is 28.5 Å². The molecule has 8 heteroatoms. The van der Waals surface area contributed by atoms with Gasteiger partial charge in [-0.1, -0.05) is 5.16 Å². The molecule has 0 aliphatic carbocycles. The van der Waals surface area contributed by atoms with E-state index in [0.717, 1.165) is 41.8 Å². The Bertz CT molecular complexity index is 1000. The van der Waals surface area contributed by atoms with Gasteiger partial charge in [0.2, 0.25) is 0 Å². The van der Waals surface area contributed by atoms with Crippen LogP contribution in [-0.4, -0.2) is 29.1 Å². The number of amides is 1. The predicted octanol–water partition coefficient (Wildman–Crippen LogP) is 3.12. The van der Waals surface area contributed by atoms with Crippen molar-refractivity contribution in [2.24, 2.45) is 0 Å². The lowest BCUT2D eigenvalue weighted by Crippen LogP contribution is -2.39. The highest BCUT2D eigenvalue weighted by Gasteiger charge is 2.33. The van der Waals surface area contributed by atoms with Crippen LogP contribution in [0.25, 0.3) is 10.2 Å². The molecule has 3 aliphatic rings. The number of rotatable bonds is 2. The summed E-state index contributed by atoms with van der Waals surface area (Å²) >= 11 is 1.33. The Labute approximate surface area is 147 Å². The number of nitrogen functional groups attached to an aromatic ring is 1. The number of thiophene rings is 1. The number of pyridine rings is 1. The minimum absolute atomic E-state index is 0.282. The van der Waals surface area contributed by atoms with Crippen LogP contribution in [0.4, 0.5) is 17.2 Å². The molecule has 1 amide bonds. The van der Waals surface area contributed by atoms with E-state index in [4.69, 9.17) is 15.2 Å². The Hall–Kier alpha value is -2.61. The third-order valence-electron chi connectivity index (χ3n) is 5.03. The molecule has 3 aromatic rings. The van der Waals surface area contributed by atoms with Crippen LogP contribution in [0.15, 0.2) is 16.7 Å². The van der Waals surface area contributed by atoms with Crippen LogP contribution < -0.4 is 16.0 Å². The van der Waals surface area contributed by atoms with Crippen LogP contribution in [0.1, 0.15) is 39.9 Å². The number of anilines is 3. The molecule has 0 spiro atoms. The smallest absolute Gasteiger partial charge is 0.269 e. The summed E-state index contributed by atoms with van der Waals surface area (Å²) < 4.78 is 4.98. The summed E-state index contributed by atoms with van der Waals surface area (Å²) in [5.74, 6) is 1.27. The molecule has 6 heterocycles.